The van der Waals surface area contributed by atoms with E-state index in [-0.39, 0.29) is 6.54 Å². The summed E-state index contributed by atoms with van der Waals surface area (Å²) in [6.07, 6.45) is 1.04. The third kappa shape index (κ3) is 3.14. The van der Waals surface area contributed by atoms with Crippen molar-refractivity contribution in [2.45, 2.75) is 18.7 Å². The van der Waals surface area contributed by atoms with Crippen molar-refractivity contribution in [1.29, 1.82) is 0 Å². The van der Waals surface area contributed by atoms with Gasteiger partial charge in [-0.1, -0.05) is 18.2 Å². The van der Waals surface area contributed by atoms with Crippen molar-refractivity contribution in [1.82, 2.24) is 5.32 Å². The van der Waals surface area contributed by atoms with Gasteiger partial charge in [-0.15, -0.1) is 0 Å². The molecule has 1 heterocycles. The Balaban J connectivity index is 2.05. The Labute approximate surface area is 111 Å². The molecular weight excluding hydrogens is 266 g/mol. The molecule has 5 nitrogen and oxygen atoms in total. The number of amides is 1. The van der Waals surface area contributed by atoms with Crippen LogP contribution in [0.1, 0.15) is 12.7 Å². The van der Waals surface area contributed by atoms with Crippen LogP contribution >= 0.6 is 0 Å². The molecule has 19 heavy (non-hydrogen) atoms. The van der Waals surface area contributed by atoms with Gasteiger partial charge in [-0.05, 0) is 19.1 Å². The summed E-state index contributed by atoms with van der Waals surface area (Å²) in [5, 5.41) is 2.44. The van der Waals surface area contributed by atoms with Gasteiger partial charge in [0.25, 0.3) is 0 Å². The highest BCUT2D eigenvalue weighted by Crippen LogP contribution is 2.18. The summed E-state index contributed by atoms with van der Waals surface area (Å²) < 4.78 is 28.0. The molecule has 0 aliphatic rings. The molecule has 1 amide bonds. The summed E-state index contributed by atoms with van der Waals surface area (Å²) in [5.74, 6) is 0.0678. The molecule has 0 radical (unpaired) electrons. The smallest absolute Gasteiger partial charge is 0.238 e. The second kappa shape index (κ2) is 5.05. The molecule has 0 bridgehead atoms. The maximum atomic E-state index is 11.6. The number of fused-ring (bicyclic) bond motifs is 1. The highest BCUT2D eigenvalue weighted by molar-refractivity contribution is 7.92. The van der Waals surface area contributed by atoms with Crippen molar-refractivity contribution in [2.75, 3.05) is 6.26 Å². The van der Waals surface area contributed by atoms with E-state index in [4.69, 9.17) is 4.42 Å². The van der Waals surface area contributed by atoms with Crippen molar-refractivity contribution < 1.29 is 17.6 Å². The fourth-order valence-corrected chi connectivity index (χ4v) is 2.11. The Morgan fingerprint density at radius 2 is 2.05 bits per heavy atom. The van der Waals surface area contributed by atoms with Crippen LogP contribution in [0.4, 0.5) is 0 Å². The number of para-hydroxylation sites is 1. The number of hydrogen-bond donors (Lipinski definition) is 1. The number of benzene rings is 1. The average molecular weight is 281 g/mol. The van der Waals surface area contributed by atoms with Crippen LogP contribution in [0.15, 0.2) is 34.7 Å². The van der Waals surface area contributed by atoms with Gasteiger partial charge in [-0.2, -0.15) is 0 Å². The second-order valence-corrected chi connectivity index (χ2v) is 6.81. The molecular formula is C13H15NO4S. The van der Waals surface area contributed by atoms with E-state index >= 15 is 0 Å². The minimum Gasteiger partial charge on any atom is -0.459 e. The largest absolute Gasteiger partial charge is 0.459 e. The Morgan fingerprint density at radius 1 is 1.37 bits per heavy atom. The molecule has 0 fully saturated rings. The number of rotatable bonds is 4. The molecule has 0 saturated heterocycles. The van der Waals surface area contributed by atoms with Crippen molar-refractivity contribution >= 4 is 26.7 Å². The number of furan rings is 1. The molecule has 0 aliphatic heterocycles. The van der Waals surface area contributed by atoms with E-state index in [9.17, 15) is 13.2 Å². The highest BCUT2D eigenvalue weighted by atomic mass is 32.2. The first kappa shape index (κ1) is 13.6. The molecule has 2 rings (SSSR count). The topological polar surface area (TPSA) is 76.4 Å². The molecule has 1 aromatic heterocycles. The summed E-state index contributed by atoms with van der Waals surface area (Å²) >= 11 is 0. The lowest BCUT2D eigenvalue weighted by Gasteiger charge is -2.08. The summed E-state index contributed by atoms with van der Waals surface area (Å²) in [7, 11) is -3.37. The van der Waals surface area contributed by atoms with Crippen LogP contribution in [0.3, 0.4) is 0 Å². The Morgan fingerprint density at radius 3 is 2.68 bits per heavy atom. The normalized spacial score (nSPS) is 13.4. The SMILES string of the molecule is C[C@@H](C(=O)NCc1cc2ccccc2o1)S(C)(=O)=O. The van der Waals surface area contributed by atoms with Gasteiger partial charge >= 0.3 is 0 Å². The minimum atomic E-state index is -3.37. The van der Waals surface area contributed by atoms with Crippen LogP contribution in [0.2, 0.25) is 0 Å². The maximum Gasteiger partial charge on any atom is 0.238 e. The Kier molecular flexibility index (Phi) is 3.61. The monoisotopic (exact) mass is 281 g/mol. The van der Waals surface area contributed by atoms with E-state index in [1.54, 1.807) is 0 Å². The zero-order valence-electron chi connectivity index (χ0n) is 10.7. The number of nitrogens with one attached hydrogen (secondary N) is 1. The van der Waals surface area contributed by atoms with E-state index in [2.05, 4.69) is 5.32 Å². The van der Waals surface area contributed by atoms with Gasteiger partial charge in [0.1, 0.15) is 16.6 Å². The van der Waals surface area contributed by atoms with E-state index in [0.717, 1.165) is 17.2 Å². The van der Waals surface area contributed by atoms with Crippen LogP contribution in [-0.2, 0) is 21.2 Å². The van der Waals surface area contributed by atoms with Crippen LogP contribution < -0.4 is 5.32 Å². The highest BCUT2D eigenvalue weighted by Gasteiger charge is 2.23. The third-order valence-corrected chi connectivity index (χ3v) is 4.42. The van der Waals surface area contributed by atoms with Gasteiger partial charge in [0, 0.05) is 11.6 Å². The van der Waals surface area contributed by atoms with Crippen molar-refractivity contribution in [2.24, 2.45) is 0 Å². The summed E-state index contributed by atoms with van der Waals surface area (Å²) in [6.45, 7) is 1.54. The van der Waals surface area contributed by atoms with Gasteiger partial charge in [0.15, 0.2) is 9.84 Å². The summed E-state index contributed by atoms with van der Waals surface area (Å²) in [5.41, 5.74) is 0.739. The summed E-state index contributed by atoms with van der Waals surface area (Å²) in [4.78, 5) is 11.6. The van der Waals surface area contributed by atoms with Crippen LogP contribution in [0.5, 0.6) is 0 Å². The van der Waals surface area contributed by atoms with E-state index < -0.39 is 21.0 Å². The lowest BCUT2D eigenvalue weighted by Crippen LogP contribution is -2.36. The zero-order chi connectivity index (χ0) is 14.0. The maximum absolute atomic E-state index is 11.6. The first-order valence-electron chi connectivity index (χ1n) is 5.82. The molecule has 0 unspecified atom stereocenters. The molecule has 0 saturated carbocycles. The molecule has 2 aromatic rings. The molecule has 1 atom stereocenters. The second-order valence-electron chi connectivity index (χ2n) is 4.44. The van der Waals surface area contributed by atoms with Crippen LogP contribution in [0, 0.1) is 0 Å². The molecule has 1 aromatic carbocycles. The number of hydrogen-bond acceptors (Lipinski definition) is 4. The van der Waals surface area contributed by atoms with Gasteiger partial charge in [-0.3, -0.25) is 4.79 Å². The van der Waals surface area contributed by atoms with Crippen molar-refractivity contribution in [3.63, 3.8) is 0 Å². The molecule has 102 valence electrons. The Hall–Kier alpha value is -1.82. The number of carbonyl (C=O) groups excluding carboxylic acids is 1. The standard InChI is InChI=1S/C13H15NO4S/c1-9(19(2,16)17)13(15)14-8-11-7-10-5-3-4-6-12(10)18-11/h3-7,9H,8H2,1-2H3,(H,14,15)/t9-/m0/s1. The molecule has 0 aliphatic carbocycles. The first-order chi connectivity index (χ1) is 8.88. The molecule has 0 spiro atoms. The van der Waals surface area contributed by atoms with E-state index in [1.165, 1.54) is 6.92 Å². The number of sulfone groups is 1. The minimum absolute atomic E-state index is 0.174. The quantitative estimate of drug-likeness (QED) is 0.921. The predicted octanol–water partition coefficient (Wildman–Crippen LogP) is 1.48. The number of carbonyl (C=O) groups is 1. The van der Waals surface area contributed by atoms with Gasteiger partial charge in [0.05, 0.1) is 6.54 Å². The van der Waals surface area contributed by atoms with Gasteiger partial charge in [0.2, 0.25) is 5.91 Å². The fourth-order valence-electron chi connectivity index (χ4n) is 1.64. The predicted molar refractivity (Wildman–Crippen MR) is 72.4 cm³/mol. The first-order valence-corrected chi connectivity index (χ1v) is 7.77. The lowest BCUT2D eigenvalue weighted by molar-refractivity contribution is -0.120. The van der Waals surface area contributed by atoms with Crippen molar-refractivity contribution in [3.05, 3.63) is 36.1 Å². The third-order valence-electron chi connectivity index (χ3n) is 2.92. The van der Waals surface area contributed by atoms with Gasteiger partial charge in [-0.25, -0.2) is 8.42 Å². The fraction of sp³-hybridized carbons (Fsp3) is 0.308. The molecule has 1 N–H and O–H groups in total. The van der Waals surface area contributed by atoms with Crippen LogP contribution in [0.25, 0.3) is 11.0 Å². The average Bonchev–Trinajstić information content (AvgIpc) is 2.76. The zero-order valence-corrected chi connectivity index (χ0v) is 11.5. The molecule has 6 heteroatoms. The summed E-state index contributed by atoms with van der Waals surface area (Å²) in [6, 6.07) is 9.32. The van der Waals surface area contributed by atoms with Gasteiger partial charge < -0.3 is 9.73 Å². The van der Waals surface area contributed by atoms with Crippen molar-refractivity contribution in [3.8, 4) is 0 Å². The lowest BCUT2D eigenvalue weighted by atomic mass is 10.2. The van der Waals surface area contributed by atoms with Crippen LogP contribution in [-0.4, -0.2) is 25.8 Å². The van der Waals surface area contributed by atoms with E-state index in [0.29, 0.717) is 5.76 Å². The Bertz CT molecular complexity index is 669. The van der Waals surface area contributed by atoms with E-state index in [1.807, 2.05) is 30.3 Å².